The molecule has 38 heavy (non-hydrogen) atoms. The Labute approximate surface area is 229 Å². The van der Waals surface area contributed by atoms with E-state index in [9.17, 15) is 4.79 Å². The number of carbonyl (C=O) groups excluding carboxylic acids is 1. The van der Waals surface area contributed by atoms with Crippen molar-refractivity contribution in [1.29, 1.82) is 0 Å². The van der Waals surface area contributed by atoms with Crippen LogP contribution in [-0.4, -0.2) is 33.4 Å². The Kier molecular flexibility index (Phi) is 11.1. The van der Waals surface area contributed by atoms with Gasteiger partial charge in [0.2, 0.25) is 0 Å². The Hall–Kier alpha value is -3.41. The van der Waals surface area contributed by atoms with Gasteiger partial charge < -0.3 is 14.8 Å². The van der Waals surface area contributed by atoms with Crippen LogP contribution in [0.3, 0.4) is 0 Å². The van der Waals surface area contributed by atoms with E-state index in [0.717, 1.165) is 29.5 Å². The van der Waals surface area contributed by atoms with Crippen molar-refractivity contribution in [3.05, 3.63) is 132 Å². The van der Waals surface area contributed by atoms with Crippen LogP contribution in [0, 0.1) is 0 Å². The molecule has 3 rings (SSSR count). The van der Waals surface area contributed by atoms with Crippen LogP contribution in [0.4, 0.5) is 4.79 Å². The molecule has 0 heterocycles. The predicted molar refractivity (Wildman–Crippen MR) is 160 cm³/mol. The summed E-state index contributed by atoms with van der Waals surface area (Å²) in [7, 11) is -1.06. The zero-order chi connectivity index (χ0) is 27.3. The number of carbonyl (C=O) groups is 1. The van der Waals surface area contributed by atoms with Gasteiger partial charge in [0, 0.05) is 8.07 Å². The maximum absolute atomic E-state index is 12.5. The Morgan fingerprint density at radius 3 is 1.82 bits per heavy atom. The van der Waals surface area contributed by atoms with E-state index in [0.29, 0.717) is 6.61 Å². The van der Waals surface area contributed by atoms with Crippen molar-refractivity contribution in [3.63, 3.8) is 0 Å². The van der Waals surface area contributed by atoms with Crippen molar-refractivity contribution in [1.82, 2.24) is 5.32 Å². The van der Waals surface area contributed by atoms with Gasteiger partial charge in [-0.25, -0.2) is 4.79 Å². The quantitative estimate of drug-likeness (QED) is 0.100. The molecule has 200 valence electrons. The molecule has 1 N–H and O–H groups in total. The summed E-state index contributed by atoms with van der Waals surface area (Å²) in [5.74, 6) is 0. The molecular weight excluding hydrogens is 486 g/mol. The summed E-state index contributed by atoms with van der Waals surface area (Å²) in [5, 5.41) is 2.90. The lowest BCUT2D eigenvalue weighted by Crippen LogP contribution is -2.41. The zero-order valence-electron chi connectivity index (χ0n) is 22.9. The maximum atomic E-state index is 12.5. The molecule has 0 saturated heterocycles. The minimum absolute atomic E-state index is 0.219. The topological polar surface area (TPSA) is 47.6 Å². The Morgan fingerprint density at radius 1 is 0.868 bits per heavy atom. The first kappa shape index (κ1) is 29.1. The first-order valence-electron chi connectivity index (χ1n) is 13.4. The molecule has 5 heteroatoms. The molecule has 0 aliphatic carbocycles. The first-order valence-corrected chi connectivity index (χ1v) is 17.1. The van der Waals surface area contributed by atoms with Gasteiger partial charge >= 0.3 is 6.09 Å². The number of alkyl carbamates (subject to hydrolysis) is 1. The van der Waals surface area contributed by atoms with Gasteiger partial charge in [-0.2, -0.15) is 0 Å². The molecule has 0 fully saturated rings. The normalized spacial score (nSPS) is 12.7. The number of amides is 1. The van der Waals surface area contributed by atoms with Gasteiger partial charge in [0.15, 0.2) is 0 Å². The smallest absolute Gasteiger partial charge is 0.407 e. The van der Waals surface area contributed by atoms with Crippen molar-refractivity contribution in [2.45, 2.75) is 50.2 Å². The second-order valence-corrected chi connectivity index (χ2v) is 16.1. The van der Waals surface area contributed by atoms with E-state index in [4.69, 9.17) is 9.47 Å². The summed E-state index contributed by atoms with van der Waals surface area (Å²) in [4.78, 5) is 12.5. The highest BCUT2D eigenvalue weighted by molar-refractivity contribution is 6.76. The Morgan fingerprint density at radius 2 is 1.37 bits per heavy atom. The summed E-state index contributed by atoms with van der Waals surface area (Å²) in [6.45, 7) is 11.6. The van der Waals surface area contributed by atoms with E-state index in [-0.39, 0.29) is 6.61 Å². The molecule has 0 bridgehead atoms. The van der Waals surface area contributed by atoms with Crippen LogP contribution in [0.15, 0.2) is 116 Å². The van der Waals surface area contributed by atoms with Crippen molar-refractivity contribution in [2.75, 3.05) is 13.2 Å². The standard InChI is InChI=1S/C33H41NO3Si/c1-5-31(34-32(35)36-25-17-6-7-18-26-38(2,3)4)27-37-33(28-19-11-8-12-20-28,29-21-13-9-14-22-29)30-23-15-10-16-24-30/h5,7-16,18-24,31H,1,6,17,25-27H2,2-4H3,(H,34,35)/b18-7-. The highest BCUT2D eigenvalue weighted by atomic mass is 28.3. The summed E-state index contributed by atoms with van der Waals surface area (Å²) in [6, 6.07) is 31.3. The maximum Gasteiger partial charge on any atom is 0.407 e. The fourth-order valence-electron chi connectivity index (χ4n) is 4.27. The fraction of sp³-hybridized carbons (Fsp3) is 0.303. The molecule has 1 atom stereocenters. The van der Waals surface area contributed by atoms with Gasteiger partial charge in [-0.3, -0.25) is 0 Å². The number of ether oxygens (including phenoxy) is 2. The fourth-order valence-corrected chi connectivity index (χ4v) is 5.14. The molecule has 0 radical (unpaired) electrons. The molecule has 0 saturated carbocycles. The van der Waals surface area contributed by atoms with E-state index in [2.05, 4.69) is 80.1 Å². The molecule has 3 aromatic rings. The van der Waals surface area contributed by atoms with Crippen LogP contribution in [0.5, 0.6) is 0 Å². The second-order valence-electron chi connectivity index (χ2n) is 10.6. The van der Waals surface area contributed by atoms with Crippen LogP contribution >= 0.6 is 0 Å². The highest BCUT2D eigenvalue weighted by Gasteiger charge is 2.38. The van der Waals surface area contributed by atoms with Gasteiger partial charge in [0.25, 0.3) is 0 Å². The SMILES string of the molecule is C=CC(COC(c1ccccc1)(c1ccccc1)c1ccccc1)NC(=O)OCCC/C=C\C[Si](C)(C)C. The number of rotatable bonds is 14. The number of hydrogen-bond acceptors (Lipinski definition) is 3. The van der Waals surface area contributed by atoms with Crippen molar-refractivity contribution in [2.24, 2.45) is 0 Å². The van der Waals surface area contributed by atoms with E-state index in [1.807, 2.05) is 54.6 Å². The number of allylic oxidation sites excluding steroid dienone is 2. The minimum Gasteiger partial charge on any atom is -0.450 e. The molecule has 1 unspecified atom stereocenters. The number of hydrogen-bond donors (Lipinski definition) is 1. The van der Waals surface area contributed by atoms with Crippen LogP contribution in [0.25, 0.3) is 0 Å². The molecule has 1 amide bonds. The molecule has 0 aliphatic heterocycles. The predicted octanol–water partition coefficient (Wildman–Crippen LogP) is 7.95. The lowest BCUT2D eigenvalue weighted by molar-refractivity contribution is 0.00576. The zero-order valence-corrected chi connectivity index (χ0v) is 23.9. The lowest BCUT2D eigenvalue weighted by atomic mass is 9.80. The summed E-state index contributed by atoms with van der Waals surface area (Å²) >= 11 is 0. The van der Waals surface area contributed by atoms with Crippen LogP contribution in [0.2, 0.25) is 25.7 Å². The van der Waals surface area contributed by atoms with Gasteiger partial charge in [-0.1, -0.05) is 129 Å². The van der Waals surface area contributed by atoms with Crippen LogP contribution < -0.4 is 5.32 Å². The Bertz CT molecular complexity index is 1040. The average molecular weight is 528 g/mol. The van der Waals surface area contributed by atoms with Gasteiger partial charge in [-0.15, -0.1) is 6.58 Å². The first-order chi connectivity index (χ1) is 18.3. The highest BCUT2D eigenvalue weighted by Crippen LogP contribution is 2.40. The third-order valence-corrected chi connectivity index (χ3v) is 7.71. The van der Waals surface area contributed by atoms with Crippen LogP contribution in [0.1, 0.15) is 29.5 Å². The van der Waals surface area contributed by atoms with Gasteiger partial charge in [0.05, 0.1) is 19.3 Å². The number of nitrogens with one attached hydrogen (secondary N) is 1. The van der Waals surface area contributed by atoms with Gasteiger partial charge in [-0.05, 0) is 35.6 Å². The van der Waals surface area contributed by atoms with E-state index < -0.39 is 25.8 Å². The molecule has 4 nitrogen and oxygen atoms in total. The summed E-state index contributed by atoms with van der Waals surface area (Å²) < 4.78 is 12.2. The molecule has 3 aromatic carbocycles. The van der Waals surface area contributed by atoms with E-state index in [1.165, 1.54) is 6.04 Å². The number of benzene rings is 3. The monoisotopic (exact) mass is 527 g/mol. The third kappa shape index (κ3) is 8.57. The van der Waals surface area contributed by atoms with Crippen molar-refractivity contribution < 1.29 is 14.3 Å². The Balaban J connectivity index is 1.69. The lowest BCUT2D eigenvalue weighted by Gasteiger charge is -2.37. The molecule has 0 spiro atoms. The van der Waals surface area contributed by atoms with Crippen LogP contribution in [-0.2, 0) is 15.1 Å². The minimum atomic E-state index is -1.06. The molecule has 0 aromatic heterocycles. The van der Waals surface area contributed by atoms with Gasteiger partial charge in [0.1, 0.15) is 5.60 Å². The average Bonchev–Trinajstić information content (AvgIpc) is 2.93. The van der Waals surface area contributed by atoms with Crippen molar-refractivity contribution >= 4 is 14.2 Å². The molecule has 0 aliphatic rings. The largest absolute Gasteiger partial charge is 0.450 e. The van der Waals surface area contributed by atoms with E-state index >= 15 is 0 Å². The third-order valence-electron chi connectivity index (χ3n) is 6.25. The van der Waals surface area contributed by atoms with E-state index in [1.54, 1.807) is 6.08 Å². The number of unbranched alkanes of at least 4 members (excludes halogenated alkanes) is 1. The summed E-state index contributed by atoms with van der Waals surface area (Å²) in [6.07, 6.45) is 7.37. The summed E-state index contributed by atoms with van der Waals surface area (Å²) in [5.41, 5.74) is 2.15. The second kappa shape index (κ2) is 14.5. The van der Waals surface area contributed by atoms with Crippen molar-refractivity contribution in [3.8, 4) is 0 Å². The molecular formula is C33H41NO3Si.